The number of ether oxygens (including phenoxy) is 1. The molecule has 0 spiro atoms. The molecule has 18 heavy (non-hydrogen) atoms. The van der Waals surface area contributed by atoms with Gasteiger partial charge in [-0.2, -0.15) is 0 Å². The number of benzene rings is 2. The van der Waals surface area contributed by atoms with Gasteiger partial charge in [0.1, 0.15) is 5.75 Å². The Hall–Kier alpha value is -0.940. The summed E-state index contributed by atoms with van der Waals surface area (Å²) in [5.74, 6) is 0.845. The van der Waals surface area contributed by atoms with Gasteiger partial charge in [0, 0.05) is 26.4 Å². The van der Waals surface area contributed by atoms with Crippen LogP contribution >= 0.6 is 34.2 Å². The fraction of sp³-hybridized carbons (Fsp3) is 0.143. The van der Waals surface area contributed by atoms with Crippen molar-refractivity contribution in [3.8, 4) is 5.75 Å². The third-order valence-corrected chi connectivity index (χ3v) is 3.46. The highest BCUT2D eigenvalue weighted by atomic mass is 127. The van der Waals surface area contributed by atoms with Gasteiger partial charge < -0.3 is 10.1 Å². The molecule has 2 aromatic carbocycles. The molecule has 0 saturated heterocycles. The van der Waals surface area contributed by atoms with Crippen LogP contribution in [0.25, 0.3) is 0 Å². The van der Waals surface area contributed by atoms with Crippen LogP contribution in [0.3, 0.4) is 0 Å². The smallest absolute Gasteiger partial charge is 0.123 e. The van der Waals surface area contributed by atoms with Crippen molar-refractivity contribution in [2.75, 3.05) is 12.4 Å². The van der Waals surface area contributed by atoms with Crippen molar-refractivity contribution < 1.29 is 4.74 Å². The summed E-state index contributed by atoms with van der Waals surface area (Å²) in [4.78, 5) is 0. The molecule has 94 valence electrons. The zero-order chi connectivity index (χ0) is 13.0. The molecule has 0 heterocycles. The van der Waals surface area contributed by atoms with Gasteiger partial charge in [-0.25, -0.2) is 0 Å². The molecule has 0 aliphatic heterocycles. The second kappa shape index (κ2) is 6.29. The van der Waals surface area contributed by atoms with E-state index in [9.17, 15) is 0 Å². The molecule has 0 fully saturated rings. The summed E-state index contributed by atoms with van der Waals surface area (Å²) in [6.45, 7) is 0.684. The number of anilines is 1. The molecular weight excluding hydrogens is 361 g/mol. The number of rotatable bonds is 4. The molecule has 2 nitrogen and oxygen atoms in total. The van der Waals surface area contributed by atoms with E-state index in [1.165, 1.54) is 3.57 Å². The Labute approximate surface area is 125 Å². The van der Waals surface area contributed by atoms with Crippen LogP contribution < -0.4 is 10.1 Å². The Morgan fingerprint density at radius 1 is 1.22 bits per heavy atom. The second-order valence-corrected chi connectivity index (χ2v) is 5.50. The predicted octanol–water partition coefficient (Wildman–Crippen LogP) is 4.57. The maximum atomic E-state index is 6.00. The normalized spacial score (nSPS) is 10.2. The van der Waals surface area contributed by atoms with Gasteiger partial charge in [-0.1, -0.05) is 17.7 Å². The Kier molecular flexibility index (Phi) is 4.72. The molecule has 2 rings (SSSR count). The lowest BCUT2D eigenvalue weighted by Gasteiger charge is -2.11. The number of nitrogens with one attached hydrogen (secondary N) is 1. The van der Waals surface area contributed by atoms with Crippen molar-refractivity contribution in [2.45, 2.75) is 6.54 Å². The average molecular weight is 374 g/mol. The Balaban J connectivity index is 2.12. The zero-order valence-electron chi connectivity index (χ0n) is 9.91. The van der Waals surface area contributed by atoms with Gasteiger partial charge in [0.05, 0.1) is 7.11 Å². The molecule has 0 amide bonds. The largest absolute Gasteiger partial charge is 0.496 e. The minimum Gasteiger partial charge on any atom is -0.496 e. The van der Waals surface area contributed by atoms with E-state index >= 15 is 0 Å². The molecule has 0 aromatic heterocycles. The van der Waals surface area contributed by atoms with E-state index in [0.29, 0.717) is 6.54 Å². The first-order chi connectivity index (χ1) is 8.69. The van der Waals surface area contributed by atoms with Crippen molar-refractivity contribution in [1.82, 2.24) is 0 Å². The summed E-state index contributed by atoms with van der Waals surface area (Å²) in [6.07, 6.45) is 0. The molecular formula is C14H13ClINO. The van der Waals surface area contributed by atoms with E-state index in [1.54, 1.807) is 7.11 Å². The van der Waals surface area contributed by atoms with Crippen LogP contribution in [0.4, 0.5) is 5.69 Å². The maximum Gasteiger partial charge on any atom is 0.123 e. The second-order valence-electron chi connectivity index (χ2n) is 3.82. The van der Waals surface area contributed by atoms with Crippen LogP contribution in [-0.2, 0) is 6.54 Å². The number of hydrogen-bond acceptors (Lipinski definition) is 2. The highest BCUT2D eigenvalue weighted by molar-refractivity contribution is 14.1. The molecule has 0 aliphatic carbocycles. The average Bonchev–Trinajstić information content (AvgIpc) is 2.37. The van der Waals surface area contributed by atoms with E-state index < -0.39 is 0 Å². The topological polar surface area (TPSA) is 21.3 Å². The zero-order valence-corrected chi connectivity index (χ0v) is 12.8. The monoisotopic (exact) mass is 373 g/mol. The third kappa shape index (κ3) is 3.53. The van der Waals surface area contributed by atoms with E-state index in [-0.39, 0.29) is 0 Å². The predicted molar refractivity (Wildman–Crippen MR) is 84.5 cm³/mol. The van der Waals surface area contributed by atoms with Crippen LogP contribution in [0.5, 0.6) is 5.75 Å². The SMILES string of the molecule is COc1ccc(Cl)cc1CNc1cccc(I)c1. The van der Waals surface area contributed by atoms with Crippen LogP contribution in [-0.4, -0.2) is 7.11 Å². The van der Waals surface area contributed by atoms with Crippen LogP contribution in [0, 0.1) is 3.57 Å². The minimum atomic E-state index is 0.684. The first kappa shape index (κ1) is 13.5. The van der Waals surface area contributed by atoms with Crippen molar-refractivity contribution >= 4 is 39.9 Å². The van der Waals surface area contributed by atoms with Crippen molar-refractivity contribution in [1.29, 1.82) is 0 Å². The van der Waals surface area contributed by atoms with E-state index in [1.807, 2.05) is 30.3 Å². The summed E-state index contributed by atoms with van der Waals surface area (Å²) in [6, 6.07) is 13.9. The van der Waals surface area contributed by atoms with E-state index in [4.69, 9.17) is 16.3 Å². The number of halogens is 2. The van der Waals surface area contributed by atoms with E-state index in [0.717, 1.165) is 22.0 Å². The van der Waals surface area contributed by atoms with Gasteiger partial charge in [0.15, 0.2) is 0 Å². The fourth-order valence-corrected chi connectivity index (χ4v) is 2.42. The lowest BCUT2D eigenvalue weighted by atomic mass is 10.2. The number of methoxy groups -OCH3 is 1. The Morgan fingerprint density at radius 2 is 2.06 bits per heavy atom. The van der Waals surface area contributed by atoms with Crippen molar-refractivity contribution in [2.24, 2.45) is 0 Å². The van der Waals surface area contributed by atoms with Crippen molar-refractivity contribution in [3.05, 3.63) is 56.6 Å². The van der Waals surface area contributed by atoms with Crippen molar-refractivity contribution in [3.63, 3.8) is 0 Å². The summed E-state index contributed by atoms with van der Waals surface area (Å²) in [5, 5.41) is 4.08. The standard InChI is InChI=1S/C14H13ClINO/c1-18-14-6-5-11(15)7-10(14)9-17-13-4-2-3-12(16)8-13/h2-8,17H,9H2,1H3. The summed E-state index contributed by atoms with van der Waals surface area (Å²) in [5.41, 5.74) is 2.13. The first-order valence-corrected chi connectivity index (χ1v) is 6.96. The van der Waals surface area contributed by atoms with Crippen LogP contribution in [0.15, 0.2) is 42.5 Å². The molecule has 0 atom stereocenters. The Bertz CT molecular complexity index is 545. The van der Waals surface area contributed by atoms with Gasteiger partial charge in [0.2, 0.25) is 0 Å². The molecule has 0 saturated carbocycles. The molecule has 0 aliphatic rings. The van der Waals surface area contributed by atoms with Gasteiger partial charge >= 0.3 is 0 Å². The molecule has 4 heteroatoms. The first-order valence-electron chi connectivity index (χ1n) is 5.51. The molecule has 1 N–H and O–H groups in total. The lowest BCUT2D eigenvalue weighted by molar-refractivity contribution is 0.410. The summed E-state index contributed by atoms with van der Waals surface area (Å²) in [7, 11) is 1.66. The maximum absolute atomic E-state index is 6.00. The van der Waals surface area contributed by atoms with Crippen LogP contribution in [0.1, 0.15) is 5.56 Å². The molecule has 0 radical (unpaired) electrons. The highest BCUT2D eigenvalue weighted by Gasteiger charge is 2.03. The quantitative estimate of drug-likeness (QED) is 0.793. The third-order valence-electron chi connectivity index (χ3n) is 2.55. The lowest BCUT2D eigenvalue weighted by Crippen LogP contribution is -2.01. The van der Waals surface area contributed by atoms with Gasteiger partial charge in [0.25, 0.3) is 0 Å². The summed E-state index contributed by atoms with van der Waals surface area (Å²) >= 11 is 8.29. The summed E-state index contributed by atoms with van der Waals surface area (Å²) < 4.78 is 6.52. The highest BCUT2D eigenvalue weighted by Crippen LogP contribution is 2.23. The van der Waals surface area contributed by atoms with E-state index in [2.05, 4.69) is 40.0 Å². The van der Waals surface area contributed by atoms with Crippen LogP contribution in [0.2, 0.25) is 5.02 Å². The van der Waals surface area contributed by atoms with Gasteiger partial charge in [-0.15, -0.1) is 0 Å². The molecule has 0 bridgehead atoms. The molecule has 0 unspecified atom stereocenters. The fourth-order valence-electron chi connectivity index (χ4n) is 1.68. The van der Waals surface area contributed by atoms with Gasteiger partial charge in [-0.3, -0.25) is 0 Å². The number of hydrogen-bond donors (Lipinski definition) is 1. The van der Waals surface area contributed by atoms with Gasteiger partial charge in [-0.05, 0) is 59.0 Å². The minimum absolute atomic E-state index is 0.684. The molecule has 2 aromatic rings. The Morgan fingerprint density at radius 3 is 2.78 bits per heavy atom.